The van der Waals surface area contributed by atoms with Crippen LogP contribution in [0.5, 0.6) is 5.75 Å². The largest absolute Gasteiger partial charge is 0.496 e. The standard InChI is InChI=1S/C21H21N3O2S/c1-26-19-10-6-5-9-17(19)18(25)14-27-21-23-22-20(16-11-12-16)24(21)13-15-7-3-2-4-8-15/h2-10,16H,11-14H2,1H3. The van der Waals surface area contributed by atoms with Crippen molar-refractivity contribution >= 4 is 17.5 Å². The highest BCUT2D eigenvalue weighted by molar-refractivity contribution is 7.99. The number of thioether (sulfide) groups is 1. The van der Waals surface area contributed by atoms with Gasteiger partial charge in [0, 0.05) is 5.92 Å². The minimum Gasteiger partial charge on any atom is -0.496 e. The monoisotopic (exact) mass is 379 g/mol. The summed E-state index contributed by atoms with van der Waals surface area (Å²) in [4.78, 5) is 12.7. The van der Waals surface area contributed by atoms with Gasteiger partial charge in [0.05, 0.1) is 25.0 Å². The molecule has 27 heavy (non-hydrogen) atoms. The number of benzene rings is 2. The second-order valence-electron chi connectivity index (χ2n) is 6.60. The molecule has 138 valence electrons. The molecule has 1 fully saturated rings. The van der Waals surface area contributed by atoms with E-state index in [-0.39, 0.29) is 5.78 Å². The summed E-state index contributed by atoms with van der Waals surface area (Å²) in [6.45, 7) is 0.727. The van der Waals surface area contributed by atoms with Crippen molar-refractivity contribution in [2.45, 2.75) is 30.5 Å². The molecule has 0 radical (unpaired) electrons. The number of ether oxygens (including phenoxy) is 1. The van der Waals surface area contributed by atoms with Crippen LogP contribution in [-0.4, -0.2) is 33.4 Å². The first-order chi connectivity index (χ1) is 13.3. The zero-order valence-electron chi connectivity index (χ0n) is 15.2. The molecular formula is C21H21N3O2S. The third kappa shape index (κ3) is 4.06. The normalized spacial score (nSPS) is 13.5. The van der Waals surface area contributed by atoms with Gasteiger partial charge in [-0.05, 0) is 30.5 Å². The van der Waals surface area contributed by atoms with Gasteiger partial charge in [0.15, 0.2) is 10.9 Å². The molecule has 2 aromatic carbocycles. The molecule has 1 heterocycles. The van der Waals surface area contributed by atoms with E-state index in [4.69, 9.17) is 4.74 Å². The van der Waals surface area contributed by atoms with Gasteiger partial charge in [-0.15, -0.1) is 10.2 Å². The Hall–Kier alpha value is -2.60. The SMILES string of the molecule is COc1ccccc1C(=O)CSc1nnc(C2CC2)n1Cc1ccccc1. The van der Waals surface area contributed by atoms with Crippen LogP contribution in [0.4, 0.5) is 0 Å². The molecule has 1 aliphatic carbocycles. The maximum atomic E-state index is 12.7. The fraction of sp³-hybridized carbons (Fsp3) is 0.286. The molecule has 0 aliphatic heterocycles. The average Bonchev–Trinajstić information content (AvgIpc) is 3.49. The molecule has 1 saturated carbocycles. The van der Waals surface area contributed by atoms with Crippen molar-refractivity contribution in [3.05, 3.63) is 71.5 Å². The van der Waals surface area contributed by atoms with Crippen molar-refractivity contribution < 1.29 is 9.53 Å². The Bertz CT molecular complexity index is 936. The van der Waals surface area contributed by atoms with Gasteiger partial charge < -0.3 is 9.30 Å². The first-order valence-corrected chi connectivity index (χ1v) is 10.0. The van der Waals surface area contributed by atoms with E-state index in [2.05, 4.69) is 26.9 Å². The second-order valence-corrected chi connectivity index (χ2v) is 7.54. The van der Waals surface area contributed by atoms with Crippen molar-refractivity contribution in [2.24, 2.45) is 0 Å². The zero-order valence-corrected chi connectivity index (χ0v) is 16.0. The number of nitrogens with zero attached hydrogens (tertiary/aromatic N) is 3. The Labute approximate surface area is 162 Å². The molecule has 1 aromatic heterocycles. The van der Waals surface area contributed by atoms with Crippen LogP contribution in [-0.2, 0) is 6.54 Å². The molecule has 0 spiro atoms. The van der Waals surface area contributed by atoms with Gasteiger partial charge in [-0.3, -0.25) is 4.79 Å². The smallest absolute Gasteiger partial charge is 0.191 e. The average molecular weight is 379 g/mol. The highest BCUT2D eigenvalue weighted by Gasteiger charge is 2.30. The summed E-state index contributed by atoms with van der Waals surface area (Å²) in [7, 11) is 1.58. The number of methoxy groups -OCH3 is 1. The van der Waals surface area contributed by atoms with Gasteiger partial charge in [-0.25, -0.2) is 0 Å². The Kier molecular flexibility index (Phi) is 5.25. The number of para-hydroxylation sites is 1. The lowest BCUT2D eigenvalue weighted by Gasteiger charge is -2.10. The molecule has 5 nitrogen and oxygen atoms in total. The maximum absolute atomic E-state index is 12.7. The van der Waals surface area contributed by atoms with E-state index in [1.807, 2.05) is 30.3 Å². The Balaban J connectivity index is 1.53. The summed E-state index contributed by atoms with van der Waals surface area (Å²) in [6, 6.07) is 17.6. The number of hydrogen-bond donors (Lipinski definition) is 0. The number of hydrogen-bond acceptors (Lipinski definition) is 5. The van der Waals surface area contributed by atoms with E-state index < -0.39 is 0 Å². The van der Waals surface area contributed by atoms with E-state index >= 15 is 0 Å². The van der Waals surface area contributed by atoms with Crippen molar-refractivity contribution in [3.8, 4) is 5.75 Å². The van der Waals surface area contributed by atoms with Crippen molar-refractivity contribution in [1.82, 2.24) is 14.8 Å². The summed E-state index contributed by atoms with van der Waals surface area (Å²) >= 11 is 1.44. The van der Waals surface area contributed by atoms with Crippen LogP contribution in [0.3, 0.4) is 0 Å². The fourth-order valence-electron chi connectivity index (χ4n) is 3.05. The topological polar surface area (TPSA) is 57.0 Å². The van der Waals surface area contributed by atoms with Crippen LogP contribution < -0.4 is 4.74 Å². The third-order valence-electron chi connectivity index (χ3n) is 4.61. The summed E-state index contributed by atoms with van der Waals surface area (Å²) in [5.41, 5.74) is 1.81. The number of rotatable bonds is 8. The second kappa shape index (κ2) is 7.96. The quantitative estimate of drug-likeness (QED) is 0.434. The summed E-state index contributed by atoms with van der Waals surface area (Å²) in [5.74, 6) is 2.47. The molecule has 3 aromatic rings. The van der Waals surface area contributed by atoms with Gasteiger partial charge in [0.1, 0.15) is 11.6 Å². The minimum absolute atomic E-state index is 0.0275. The zero-order chi connectivity index (χ0) is 18.6. The van der Waals surface area contributed by atoms with Crippen molar-refractivity contribution in [1.29, 1.82) is 0 Å². The number of aromatic nitrogens is 3. The van der Waals surface area contributed by atoms with Crippen LogP contribution in [0, 0.1) is 0 Å². The van der Waals surface area contributed by atoms with Crippen LogP contribution in [0.25, 0.3) is 0 Å². The van der Waals surface area contributed by atoms with Crippen molar-refractivity contribution in [2.75, 3.05) is 12.9 Å². The highest BCUT2D eigenvalue weighted by Crippen LogP contribution is 2.40. The number of Topliss-reactive ketones (excluding diaryl/α,β-unsaturated/α-hetero) is 1. The molecule has 0 N–H and O–H groups in total. The predicted octanol–water partition coefficient (Wildman–Crippen LogP) is 4.19. The number of carbonyl (C=O) groups is 1. The molecule has 6 heteroatoms. The van der Waals surface area contributed by atoms with E-state index in [1.165, 1.54) is 17.3 Å². The van der Waals surface area contributed by atoms with E-state index in [1.54, 1.807) is 19.2 Å². The van der Waals surface area contributed by atoms with Gasteiger partial charge in [-0.2, -0.15) is 0 Å². The van der Waals surface area contributed by atoms with E-state index in [0.29, 0.717) is 23.0 Å². The molecule has 0 bridgehead atoms. The van der Waals surface area contributed by atoms with E-state index in [9.17, 15) is 4.79 Å². The van der Waals surface area contributed by atoms with Gasteiger partial charge in [0.2, 0.25) is 0 Å². The lowest BCUT2D eigenvalue weighted by Crippen LogP contribution is -2.09. The Morgan fingerprint density at radius 1 is 1.11 bits per heavy atom. The summed E-state index contributed by atoms with van der Waals surface area (Å²) < 4.78 is 7.46. The molecule has 0 saturated heterocycles. The molecule has 0 amide bonds. The summed E-state index contributed by atoms with van der Waals surface area (Å²) in [5, 5.41) is 9.58. The first-order valence-electron chi connectivity index (χ1n) is 9.02. The number of carbonyl (C=O) groups excluding carboxylic acids is 1. The lowest BCUT2D eigenvalue weighted by molar-refractivity contribution is 0.101. The van der Waals surface area contributed by atoms with Crippen LogP contribution in [0.1, 0.15) is 40.5 Å². The van der Waals surface area contributed by atoms with Gasteiger partial charge in [-0.1, -0.05) is 54.2 Å². The Morgan fingerprint density at radius 2 is 1.85 bits per heavy atom. The lowest BCUT2D eigenvalue weighted by atomic mass is 10.1. The fourth-order valence-corrected chi connectivity index (χ4v) is 3.88. The molecule has 1 aliphatic rings. The highest BCUT2D eigenvalue weighted by atomic mass is 32.2. The first kappa shape index (κ1) is 17.8. The van der Waals surface area contributed by atoms with Crippen molar-refractivity contribution in [3.63, 3.8) is 0 Å². The third-order valence-corrected chi connectivity index (χ3v) is 5.58. The van der Waals surface area contributed by atoms with Gasteiger partial charge in [0.25, 0.3) is 0 Å². The molecule has 0 unspecified atom stereocenters. The Morgan fingerprint density at radius 3 is 2.59 bits per heavy atom. The van der Waals surface area contributed by atoms with Crippen LogP contribution in [0.15, 0.2) is 59.8 Å². The van der Waals surface area contributed by atoms with E-state index in [0.717, 1.165) is 30.4 Å². The van der Waals surface area contributed by atoms with Gasteiger partial charge >= 0.3 is 0 Å². The summed E-state index contributed by atoms with van der Waals surface area (Å²) in [6.07, 6.45) is 2.33. The minimum atomic E-state index is 0.0275. The molecular weight excluding hydrogens is 358 g/mol. The predicted molar refractivity (Wildman–Crippen MR) is 106 cm³/mol. The molecule has 4 rings (SSSR count). The maximum Gasteiger partial charge on any atom is 0.191 e. The van der Waals surface area contributed by atoms with Crippen LogP contribution in [0.2, 0.25) is 0 Å². The molecule has 0 atom stereocenters. The number of ketones is 1. The van der Waals surface area contributed by atoms with Crippen LogP contribution >= 0.6 is 11.8 Å².